The Morgan fingerprint density at radius 1 is 0.923 bits per heavy atom. The summed E-state index contributed by atoms with van der Waals surface area (Å²) >= 11 is 0. The number of rotatable bonds is 9. The zero-order valence-corrected chi connectivity index (χ0v) is 15.2. The summed E-state index contributed by atoms with van der Waals surface area (Å²) < 4.78 is 5.09. The molecule has 0 aromatic heterocycles. The van der Waals surface area contributed by atoms with Gasteiger partial charge in [-0.1, -0.05) is 19.1 Å². The highest BCUT2D eigenvalue weighted by atomic mass is 16.5. The van der Waals surface area contributed by atoms with E-state index in [1.54, 1.807) is 55.6 Å². The maximum absolute atomic E-state index is 12.4. The van der Waals surface area contributed by atoms with Gasteiger partial charge in [-0.15, -0.1) is 0 Å². The SMILES string of the molecule is CCCNCCNC(=O)c1ccccc1NC(=O)c1ccc(OC)cc1. The van der Waals surface area contributed by atoms with Gasteiger partial charge in [0.05, 0.1) is 18.4 Å². The van der Waals surface area contributed by atoms with Crippen molar-refractivity contribution in [2.75, 3.05) is 32.1 Å². The Morgan fingerprint density at radius 3 is 2.35 bits per heavy atom. The van der Waals surface area contributed by atoms with Gasteiger partial charge in [-0.05, 0) is 49.4 Å². The molecule has 2 aromatic rings. The van der Waals surface area contributed by atoms with Crippen LogP contribution in [0.2, 0.25) is 0 Å². The molecule has 3 N–H and O–H groups in total. The molecule has 0 bridgehead atoms. The minimum atomic E-state index is -0.280. The number of hydrogen-bond acceptors (Lipinski definition) is 4. The third-order valence-electron chi connectivity index (χ3n) is 3.79. The fourth-order valence-electron chi connectivity index (χ4n) is 2.39. The van der Waals surface area contributed by atoms with Gasteiger partial charge in [-0.25, -0.2) is 0 Å². The molecule has 138 valence electrons. The van der Waals surface area contributed by atoms with E-state index in [1.807, 2.05) is 0 Å². The van der Waals surface area contributed by atoms with Gasteiger partial charge in [0.15, 0.2) is 0 Å². The van der Waals surface area contributed by atoms with Crippen LogP contribution in [-0.4, -0.2) is 38.6 Å². The van der Waals surface area contributed by atoms with Crippen molar-refractivity contribution < 1.29 is 14.3 Å². The van der Waals surface area contributed by atoms with Crippen molar-refractivity contribution in [2.24, 2.45) is 0 Å². The van der Waals surface area contributed by atoms with E-state index in [4.69, 9.17) is 4.74 Å². The minimum Gasteiger partial charge on any atom is -0.497 e. The van der Waals surface area contributed by atoms with Crippen LogP contribution in [0, 0.1) is 0 Å². The molecule has 26 heavy (non-hydrogen) atoms. The zero-order valence-electron chi connectivity index (χ0n) is 15.2. The highest BCUT2D eigenvalue weighted by Crippen LogP contribution is 2.17. The average molecular weight is 355 g/mol. The highest BCUT2D eigenvalue weighted by molar-refractivity contribution is 6.09. The summed E-state index contributed by atoms with van der Waals surface area (Å²) in [7, 11) is 1.57. The van der Waals surface area contributed by atoms with Crippen LogP contribution in [0.4, 0.5) is 5.69 Å². The minimum absolute atomic E-state index is 0.214. The Balaban J connectivity index is 2.00. The first kappa shape index (κ1) is 19.5. The van der Waals surface area contributed by atoms with Crippen LogP contribution in [-0.2, 0) is 0 Å². The molecule has 0 aliphatic carbocycles. The van der Waals surface area contributed by atoms with Crippen molar-refractivity contribution in [2.45, 2.75) is 13.3 Å². The van der Waals surface area contributed by atoms with Gasteiger partial charge in [-0.3, -0.25) is 9.59 Å². The lowest BCUT2D eigenvalue weighted by Crippen LogP contribution is -2.32. The van der Waals surface area contributed by atoms with E-state index < -0.39 is 0 Å². The van der Waals surface area contributed by atoms with Gasteiger partial charge >= 0.3 is 0 Å². The molecule has 2 aromatic carbocycles. The zero-order chi connectivity index (χ0) is 18.8. The quantitative estimate of drug-likeness (QED) is 0.604. The fourth-order valence-corrected chi connectivity index (χ4v) is 2.39. The van der Waals surface area contributed by atoms with Crippen molar-refractivity contribution in [3.63, 3.8) is 0 Å². The Labute approximate surface area is 153 Å². The second-order valence-corrected chi connectivity index (χ2v) is 5.73. The molecule has 6 heteroatoms. The lowest BCUT2D eigenvalue weighted by molar-refractivity contribution is 0.0955. The van der Waals surface area contributed by atoms with Gasteiger partial charge in [0, 0.05) is 18.7 Å². The van der Waals surface area contributed by atoms with Crippen molar-refractivity contribution in [3.05, 3.63) is 59.7 Å². The first-order valence-electron chi connectivity index (χ1n) is 8.69. The van der Waals surface area contributed by atoms with Gasteiger partial charge in [0.25, 0.3) is 11.8 Å². The molecule has 0 saturated heterocycles. The fraction of sp³-hybridized carbons (Fsp3) is 0.300. The predicted octanol–water partition coefficient (Wildman–Crippen LogP) is 2.68. The Bertz CT molecular complexity index is 729. The summed E-state index contributed by atoms with van der Waals surface area (Å²) in [6, 6.07) is 13.8. The van der Waals surface area contributed by atoms with Crippen LogP contribution in [0.25, 0.3) is 0 Å². The number of amides is 2. The molecule has 0 radical (unpaired) electrons. The lowest BCUT2D eigenvalue weighted by atomic mass is 10.1. The van der Waals surface area contributed by atoms with Gasteiger partial charge < -0.3 is 20.7 Å². The predicted molar refractivity (Wildman–Crippen MR) is 103 cm³/mol. The summed E-state index contributed by atoms with van der Waals surface area (Å²) in [5.74, 6) is 0.185. The van der Waals surface area contributed by atoms with Crippen molar-refractivity contribution >= 4 is 17.5 Å². The van der Waals surface area contributed by atoms with Crippen LogP contribution in [0.1, 0.15) is 34.1 Å². The molecule has 0 aliphatic rings. The molecule has 0 saturated carbocycles. The van der Waals surface area contributed by atoms with E-state index in [-0.39, 0.29) is 11.8 Å². The highest BCUT2D eigenvalue weighted by Gasteiger charge is 2.13. The molecule has 0 aliphatic heterocycles. The van der Waals surface area contributed by atoms with E-state index >= 15 is 0 Å². The first-order chi connectivity index (χ1) is 12.7. The summed E-state index contributed by atoms with van der Waals surface area (Å²) in [6.07, 6.45) is 1.05. The van der Waals surface area contributed by atoms with Gasteiger partial charge in [0.1, 0.15) is 5.75 Å². The number of hydrogen-bond donors (Lipinski definition) is 3. The van der Waals surface area contributed by atoms with Gasteiger partial charge in [-0.2, -0.15) is 0 Å². The molecule has 6 nitrogen and oxygen atoms in total. The molecule has 0 spiro atoms. The standard InChI is InChI=1S/C20H25N3O3/c1-3-12-21-13-14-22-20(25)17-6-4-5-7-18(17)23-19(24)15-8-10-16(26-2)11-9-15/h4-11,21H,3,12-14H2,1-2H3,(H,22,25)(H,23,24). The van der Waals surface area contributed by atoms with Crippen LogP contribution < -0.4 is 20.7 Å². The maximum atomic E-state index is 12.4. The van der Waals surface area contributed by atoms with Crippen LogP contribution in [0.3, 0.4) is 0 Å². The Morgan fingerprint density at radius 2 is 1.65 bits per heavy atom. The largest absolute Gasteiger partial charge is 0.497 e. The molecule has 0 unspecified atom stereocenters. The third kappa shape index (κ3) is 5.60. The van der Waals surface area contributed by atoms with Gasteiger partial charge in [0.2, 0.25) is 0 Å². The number of anilines is 1. The van der Waals surface area contributed by atoms with Crippen molar-refractivity contribution in [3.8, 4) is 5.75 Å². The smallest absolute Gasteiger partial charge is 0.255 e. The van der Waals surface area contributed by atoms with E-state index in [2.05, 4.69) is 22.9 Å². The molecular weight excluding hydrogens is 330 g/mol. The number of ether oxygens (including phenoxy) is 1. The molecule has 0 fully saturated rings. The van der Waals surface area contributed by atoms with E-state index in [0.29, 0.717) is 35.7 Å². The summed E-state index contributed by atoms with van der Waals surface area (Å²) in [6.45, 7) is 4.25. The number of benzene rings is 2. The third-order valence-corrected chi connectivity index (χ3v) is 3.79. The number of nitrogens with one attached hydrogen (secondary N) is 3. The summed E-state index contributed by atoms with van der Waals surface area (Å²) in [5.41, 5.74) is 1.40. The first-order valence-corrected chi connectivity index (χ1v) is 8.69. The van der Waals surface area contributed by atoms with Crippen LogP contribution in [0.5, 0.6) is 5.75 Å². The monoisotopic (exact) mass is 355 g/mol. The van der Waals surface area contributed by atoms with E-state index in [0.717, 1.165) is 13.0 Å². The maximum Gasteiger partial charge on any atom is 0.255 e. The normalized spacial score (nSPS) is 10.2. The Hall–Kier alpha value is -2.86. The van der Waals surface area contributed by atoms with E-state index in [1.165, 1.54) is 0 Å². The molecule has 2 amide bonds. The van der Waals surface area contributed by atoms with Crippen molar-refractivity contribution in [1.82, 2.24) is 10.6 Å². The summed E-state index contributed by atoms with van der Waals surface area (Å²) in [5, 5.41) is 8.88. The Kier molecular flexibility index (Phi) is 7.64. The second kappa shape index (κ2) is 10.2. The molecule has 0 atom stereocenters. The average Bonchev–Trinajstić information content (AvgIpc) is 2.68. The second-order valence-electron chi connectivity index (χ2n) is 5.73. The number of carbonyl (C=O) groups excluding carboxylic acids is 2. The summed E-state index contributed by atoms with van der Waals surface area (Å²) in [4.78, 5) is 24.8. The molecular formula is C20H25N3O3. The lowest BCUT2D eigenvalue weighted by Gasteiger charge is -2.12. The number of para-hydroxylation sites is 1. The molecule has 0 heterocycles. The van der Waals surface area contributed by atoms with Crippen LogP contribution >= 0.6 is 0 Å². The molecule has 2 rings (SSSR count). The van der Waals surface area contributed by atoms with E-state index in [9.17, 15) is 9.59 Å². The number of methoxy groups -OCH3 is 1. The number of carbonyl (C=O) groups is 2. The topological polar surface area (TPSA) is 79.5 Å². The van der Waals surface area contributed by atoms with Crippen molar-refractivity contribution in [1.29, 1.82) is 0 Å². The van der Waals surface area contributed by atoms with Crippen LogP contribution in [0.15, 0.2) is 48.5 Å².